The van der Waals surface area contributed by atoms with E-state index in [-0.39, 0.29) is 18.2 Å². The lowest BCUT2D eigenvalue weighted by molar-refractivity contribution is -0.120. The third kappa shape index (κ3) is 5.29. The second-order valence-electron chi connectivity index (χ2n) is 5.44. The molecule has 2 aromatic rings. The van der Waals surface area contributed by atoms with Crippen molar-refractivity contribution >= 4 is 11.9 Å². The fraction of sp³-hybridized carbons (Fsp3) is 0.333. The number of rotatable bonds is 8. The molecule has 0 unspecified atom stereocenters. The summed E-state index contributed by atoms with van der Waals surface area (Å²) in [5.41, 5.74) is 2.24. The molecule has 122 valence electrons. The summed E-state index contributed by atoms with van der Waals surface area (Å²) in [6.45, 7) is 2.35. The average Bonchev–Trinajstić information content (AvgIpc) is 3.01. The molecule has 0 aliphatic rings. The molecular weight excluding hydrogens is 294 g/mol. The van der Waals surface area contributed by atoms with Gasteiger partial charge >= 0.3 is 5.97 Å². The van der Waals surface area contributed by atoms with Crippen molar-refractivity contribution in [3.63, 3.8) is 0 Å². The Hall–Kier alpha value is -2.56. The zero-order chi connectivity index (χ0) is 16.7. The second kappa shape index (κ2) is 8.17. The molecule has 0 bridgehead atoms. The molecule has 0 aliphatic heterocycles. The summed E-state index contributed by atoms with van der Waals surface area (Å²) in [7, 11) is 0. The molecule has 23 heavy (non-hydrogen) atoms. The molecule has 1 amide bonds. The van der Waals surface area contributed by atoms with Crippen molar-refractivity contribution in [1.29, 1.82) is 0 Å². The number of unbranched alkanes of at least 4 members (excludes halogenated alkanes) is 1. The largest absolute Gasteiger partial charge is 0.475 e. The summed E-state index contributed by atoms with van der Waals surface area (Å²) in [6, 6.07) is 11.0. The highest BCUT2D eigenvalue weighted by Crippen LogP contribution is 2.10. The van der Waals surface area contributed by atoms with Gasteiger partial charge in [-0.2, -0.15) is 0 Å². The van der Waals surface area contributed by atoms with Crippen LogP contribution in [0.5, 0.6) is 0 Å². The third-order valence-corrected chi connectivity index (χ3v) is 3.54. The van der Waals surface area contributed by atoms with Gasteiger partial charge in [-0.25, -0.2) is 4.79 Å². The van der Waals surface area contributed by atoms with E-state index < -0.39 is 5.97 Å². The number of carboxylic acids is 1. The van der Waals surface area contributed by atoms with Crippen molar-refractivity contribution in [2.24, 2.45) is 0 Å². The van der Waals surface area contributed by atoms with Crippen LogP contribution in [0.3, 0.4) is 0 Å². The van der Waals surface area contributed by atoms with Gasteiger partial charge in [0, 0.05) is 0 Å². The number of aromatic carboxylic acids is 1. The van der Waals surface area contributed by atoms with Gasteiger partial charge in [0.15, 0.2) is 0 Å². The smallest absolute Gasteiger partial charge is 0.371 e. The van der Waals surface area contributed by atoms with Gasteiger partial charge in [0.1, 0.15) is 5.76 Å². The average molecular weight is 315 g/mol. The fourth-order valence-electron chi connectivity index (χ4n) is 2.23. The van der Waals surface area contributed by atoms with E-state index in [0.29, 0.717) is 12.2 Å². The normalized spacial score (nSPS) is 10.5. The van der Waals surface area contributed by atoms with Crippen LogP contribution in [-0.4, -0.2) is 17.0 Å². The molecule has 0 aliphatic carbocycles. The summed E-state index contributed by atoms with van der Waals surface area (Å²) < 4.78 is 5.08. The van der Waals surface area contributed by atoms with Gasteiger partial charge in [0.2, 0.25) is 11.7 Å². The third-order valence-electron chi connectivity index (χ3n) is 3.54. The number of aryl methyl sites for hydroxylation is 1. The Morgan fingerprint density at radius 2 is 1.78 bits per heavy atom. The number of furan rings is 1. The first-order chi connectivity index (χ1) is 11.1. The van der Waals surface area contributed by atoms with Gasteiger partial charge in [-0.3, -0.25) is 4.79 Å². The minimum atomic E-state index is -1.12. The standard InChI is InChI=1S/C18H21NO4/c1-2-3-4-13-5-7-14(8-6-13)11-17(20)19-12-15-9-10-16(23-15)18(21)22/h5-10H,2-4,11-12H2,1H3,(H,19,20)(H,21,22). The Balaban J connectivity index is 1.80. The van der Waals surface area contributed by atoms with Crippen LogP contribution in [0.25, 0.3) is 0 Å². The van der Waals surface area contributed by atoms with Crippen LogP contribution in [0.1, 0.15) is 47.2 Å². The molecule has 2 rings (SSSR count). The van der Waals surface area contributed by atoms with Crippen LogP contribution in [0.15, 0.2) is 40.8 Å². The van der Waals surface area contributed by atoms with Gasteiger partial charge in [-0.15, -0.1) is 0 Å². The van der Waals surface area contributed by atoms with E-state index in [1.165, 1.54) is 24.5 Å². The van der Waals surface area contributed by atoms with E-state index in [0.717, 1.165) is 12.0 Å². The maximum Gasteiger partial charge on any atom is 0.371 e. The van der Waals surface area contributed by atoms with Crippen molar-refractivity contribution in [2.45, 2.75) is 39.2 Å². The Bertz CT molecular complexity index is 658. The van der Waals surface area contributed by atoms with Crippen molar-refractivity contribution in [1.82, 2.24) is 5.32 Å². The Morgan fingerprint density at radius 1 is 1.09 bits per heavy atom. The van der Waals surface area contributed by atoms with Crippen molar-refractivity contribution < 1.29 is 19.1 Å². The summed E-state index contributed by atoms with van der Waals surface area (Å²) in [5.74, 6) is -0.951. The number of carbonyl (C=O) groups is 2. The van der Waals surface area contributed by atoms with Crippen LogP contribution in [0, 0.1) is 0 Å². The lowest BCUT2D eigenvalue weighted by Crippen LogP contribution is -2.24. The van der Waals surface area contributed by atoms with E-state index in [4.69, 9.17) is 9.52 Å². The number of amides is 1. The van der Waals surface area contributed by atoms with E-state index >= 15 is 0 Å². The minimum Gasteiger partial charge on any atom is -0.475 e. The van der Waals surface area contributed by atoms with Crippen LogP contribution >= 0.6 is 0 Å². The maximum absolute atomic E-state index is 11.9. The quantitative estimate of drug-likeness (QED) is 0.784. The number of carbonyl (C=O) groups excluding carboxylic acids is 1. The first-order valence-electron chi connectivity index (χ1n) is 7.75. The van der Waals surface area contributed by atoms with Crippen molar-refractivity contribution in [3.8, 4) is 0 Å². The summed E-state index contributed by atoms with van der Waals surface area (Å²) in [4.78, 5) is 22.6. The lowest BCUT2D eigenvalue weighted by atomic mass is 10.0. The molecule has 0 atom stereocenters. The Morgan fingerprint density at radius 3 is 2.39 bits per heavy atom. The molecule has 1 aromatic heterocycles. The van der Waals surface area contributed by atoms with Crippen LogP contribution in [0.4, 0.5) is 0 Å². The van der Waals surface area contributed by atoms with Gasteiger partial charge in [-0.05, 0) is 36.1 Å². The van der Waals surface area contributed by atoms with Gasteiger partial charge in [0.25, 0.3) is 0 Å². The first kappa shape index (κ1) is 16.8. The molecule has 0 radical (unpaired) electrons. The second-order valence-corrected chi connectivity index (χ2v) is 5.44. The molecule has 0 saturated carbocycles. The zero-order valence-electron chi connectivity index (χ0n) is 13.2. The highest BCUT2D eigenvalue weighted by atomic mass is 16.4. The number of benzene rings is 1. The highest BCUT2D eigenvalue weighted by Gasteiger charge is 2.10. The van der Waals surface area contributed by atoms with E-state index in [1.807, 2.05) is 12.1 Å². The van der Waals surface area contributed by atoms with Gasteiger partial charge in [-0.1, -0.05) is 37.6 Å². The molecular formula is C18H21NO4. The Kier molecular flexibility index (Phi) is 5.97. The van der Waals surface area contributed by atoms with Gasteiger partial charge in [0.05, 0.1) is 13.0 Å². The summed E-state index contributed by atoms with van der Waals surface area (Å²) >= 11 is 0. The maximum atomic E-state index is 11.9. The van der Waals surface area contributed by atoms with Crippen LogP contribution < -0.4 is 5.32 Å². The lowest BCUT2D eigenvalue weighted by Gasteiger charge is -2.05. The molecule has 2 N–H and O–H groups in total. The Labute approximate surface area is 135 Å². The molecule has 5 nitrogen and oxygen atoms in total. The zero-order valence-corrected chi connectivity index (χ0v) is 13.2. The van der Waals surface area contributed by atoms with E-state index in [9.17, 15) is 9.59 Å². The summed E-state index contributed by atoms with van der Waals surface area (Å²) in [6.07, 6.45) is 3.69. The highest BCUT2D eigenvalue weighted by molar-refractivity contribution is 5.84. The van der Waals surface area contributed by atoms with E-state index in [1.54, 1.807) is 6.07 Å². The molecule has 0 fully saturated rings. The van der Waals surface area contributed by atoms with Crippen LogP contribution in [0.2, 0.25) is 0 Å². The first-order valence-corrected chi connectivity index (χ1v) is 7.75. The predicted octanol–water partition coefficient (Wildman–Crippen LogP) is 3.18. The van der Waals surface area contributed by atoms with E-state index in [2.05, 4.69) is 24.4 Å². The minimum absolute atomic E-state index is 0.125. The van der Waals surface area contributed by atoms with Gasteiger partial charge < -0.3 is 14.8 Å². The van der Waals surface area contributed by atoms with Crippen molar-refractivity contribution in [3.05, 3.63) is 59.0 Å². The topological polar surface area (TPSA) is 79.5 Å². The van der Waals surface area contributed by atoms with Crippen molar-refractivity contribution in [2.75, 3.05) is 0 Å². The molecule has 5 heteroatoms. The fourth-order valence-corrected chi connectivity index (χ4v) is 2.23. The van der Waals surface area contributed by atoms with Crippen LogP contribution in [-0.2, 0) is 24.2 Å². The monoisotopic (exact) mass is 315 g/mol. The number of hydrogen-bond donors (Lipinski definition) is 2. The molecule has 1 aromatic carbocycles. The molecule has 0 spiro atoms. The summed E-state index contributed by atoms with van der Waals surface area (Å²) in [5, 5.41) is 11.5. The number of nitrogens with one attached hydrogen (secondary N) is 1. The predicted molar refractivity (Wildman–Crippen MR) is 86.3 cm³/mol. The SMILES string of the molecule is CCCCc1ccc(CC(=O)NCc2ccc(C(=O)O)o2)cc1. The molecule has 1 heterocycles. The number of hydrogen-bond acceptors (Lipinski definition) is 3. The molecule has 0 saturated heterocycles. The number of carboxylic acid groups (broad SMARTS) is 1.